The zero-order chi connectivity index (χ0) is 12.4. The smallest absolute Gasteiger partial charge is 0.221 e. The van der Waals surface area contributed by atoms with Gasteiger partial charge in [0.05, 0.1) is 0 Å². The Morgan fingerprint density at radius 3 is 2.06 bits per heavy atom. The molecule has 0 aliphatic rings. The van der Waals surface area contributed by atoms with E-state index in [1.165, 1.54) is 6.42 Å². The van der Waals surface area contributed by atoms with E-state index in [4.69, 9.17) is 0 Å². The van der Waals surface area contributed by atoms with Crippen molar-refractivity contribution >= 4 is 5.91 Å². The summed E-state index contributed by atoms with van der Waals surface area (Å²) in [6.45, 7) is 11.4. The summed E-state index contributed by atoms with van der Waals surface area (Å²) < 4.78 is 0. The molecule has 2 N–H and O–H groups in total. The molecule has 0 saturated heterocycles. The lowest BCUT2D eigenvalue weighted by Gasteiger charge is -2.08. The van der Waals surface area contributed by atoms with Gasteiger partial charge < -0.3 is 10.6 Å². The van der Waals surface area contributed by atoms with Crippen LogP contribution >= 0.6 is 0 Å². The molecule has 0 bridgehead atoms. The maximum absolute atomic E-state index is 11.4. The van der Waals surface area contributed by atoms with E-state index >= 15 is 0 Å². The van der Waals surface area contributed by atoms with Crippen LogP contribution in [0.3, 0.4) is 0 Å². The quantitative estimate of drug-likeness (QED) is 0.594. The first-order valence-corrected chi connectivity index (χ1v) is 6.49. The molecule has 0 heterocycles. The van der Waals surface area contributed by atoms with Gasteiger partial charge in [-0.2, -0.15) is 0 Å². The fourth-order valence-corrected chi connectivity index (χ4v) is 1.31. The van der Waals surface area contributed by atoms with Crippen LogP contribution < -0.4 is 10.6 Å². The van der Waals surface area contributed by atoms with Gasteiger partial charge in [0.1, 0.15) is 0 Å². The molecule has 0 aromatic rings. The fraction of sp³-hybridized carbons (Fsp3) is 0.923. The van der Waals surface area contributed by atoms with E-state index in [1.807, 2.05) is 0 Å². The molecule has 0 rings (SSSR count). The monoisotopic (exact) mass is 228 g/mol. The van der Waals surface area contributed by atoms with Crippen LogP contribution in [0.4, 0.5) is 0 Å². The Kier molecular flexibility index (Phi) is 9.30. The molecule has 0 fully saturated rings. The minimum Gasteiger partial charge on any atom is -0.356 e. The molecule has 0 aromatic heterocycles. The van der Waals surface area contributed by atoms with Crippen LogP contribution in [0.15, 0.2) is 0 Å². The lowest BCUT2D eigenvalue weighted by atomic mass is 10.1. The summed E-state index contributed by atoms with van der Waals surface area (Å²) >= 11 is 0. The molecular weight excluding hydrogens is 200 g/mol. The van der Waals surface area contributed by atoms with E-state index in [0.29, 0.717) is 12.3 Å². The molecule has 0 atom stereocenters. The Bertz CT molecular complexity index is 179. The van der Waals surface area contributed by atoms with E-state index in [1.54, 1.807) is 0 Å². The molecule has 96 valence electrons. The normalized spacial score (nSPS) is 11.1. The van der Waals surface area contributed by atoms with E-state index in [2.05, 4.69) is 38.3 Å². The summed E-state index contributed by atoms with van der Waals surface area (Å²) in [7, 11) is 0. The van der Waals surface area contributed by atoms with Crippen molar-refractivity contribution in [3.8, 4) is 0 Å². The number of carbonyl (C=O) groups is 1. The van der Waals surface area contributed by atoms with Gasteiger partial charge in [-0.25, -0.2) is 0 Å². The Morgan fingerprint density at radius 2 is 1.50 bits per heavy atom. The van der Waals surface area contributed by atoms with E-state index < -0.39 is 0 Å². The molecular formula is C13H28N2O. The molecule has 0 aliphatic carbocycles. The van der Waals surface area contributed by atoms with Crippen molar-refractivity contribution in [1.82, 2.24) is 10.6 Å². The van der Waals surface area contributed by atoms with Crippen molar-refractivity contribution in [3.05, 3.63) is 0 Å². The summed E-state index contributed by atoms with van der Waals surface area (Å²) in [4.78, 5) is 11.4. The van der Waals surface area contributed by atoms with E-state index in [0.717, 1.165) is 32.0 Å². The second-order valence-corrected chi connectivity index (χ2v) is 5.21. The molecule has 3 nitrogen and oxygen atoms in total. The van der Waals surface area contributed by atoms with Crippen LogP contribution in [-0.2, 0) is 4.79 Å². The average molecular weight is 228 g/mol. The van der Waals surface area contributed by atoms with Gasteiger partial charge in [-0.15, -0.1) is 0 Å². The molecule has 0 aliphatic heterocycles. The maximum atomic E-state index is 11.4. The predicted molar refractivity (Wildman–Crippen MR) is 69.4 cm³/mol. The van der Waals surface area contributed by atoms with Gasteiger partial charge >= 0.3 is 0 Å². The third-order valence-electron chi connectivity index (χ3n) is 2.47. The highest BCUT2D eigenvalue weighted by Crippen LogP contribution is 1.97. The van der Waals surface area contributed by atoms with Gasteiger partial charge in [0, 0.05) is 19.5 Å². The first-order valence-electron chi connectivity index (χ1n) is 6.49. The Labute approximate surface area is 100 Å². The molecule has 1 amide bonds. The fourth-order valence-electron chi connectivity index (χ4n) is 1.31. The van der Waals surface area contributed by atoms with Crippen molar-refractivity contribution in [2.45, 2.75) is 47.0 Å². The van der Waals surface area contributed by atoms with E-state index in [-0.39, 0.29) is 5.91 Å². The van der Waals surface area contributed by atoms with Crippen molar-refractivity contribution in [2.75, 3.05) is 19.6 Å². The summed E-state index contributed by atoms with van der Waals surface area (Å²) in [6, 6.07) is 0. The van der Waals surface area contributed by atoms with E-state index in [9.17, 15) is 4.79 Å². The van der Waals surface area contributed by atoms with Gasteiger partial charge in [0.2, 0.25) is 5.91 Å². The highest BCUT2D eigenvalue weighted by molar-refractivity contribution is 5.75. The van der Waals surface area contributed by atoms with Crippen LogP contribution in [0.25, 0.3) is 0 Å². The third kappa shape index (κ3) is 11.5. The van der Waals surface area contributed by atoms with Gasteiger partial charge in [0.25, 0.3) is 0 Å². The number of carbonyl (C=O) groups excluding carboxylic acids is 1. The molecule has 0 saturated carbocycles. The standard InChI is InChI=1S/C13H28N2O/c1-11(2)5-8-14-9-7-13(16)15-10-6-12(3)4/h11-12,14H,5-10H2,1-4H3,(H,15,16). The Balaban J connectivity index is 3.24. The molecule has 16 heavy (non-hydrogen) atoms. The zero-order valence-electron chi connectivity index (χ0n) is 11.3. The zero-order valence-corrected chi connectivity index (χ0v) is 11.3. The number of nitrogens with one attached hydrogen (secondary N) is 2. The third-order valence-corrected chi connectivity index (χ3v) is 2.47. The predicted octanol–water partition coefficient (Wildman–Crippen LogP) is 2.17. The van der Waals surface area contributed by atoms with Crippen molar-refractivity contribution in [3.63, 3.8) is 0 Å². The maximum Gasteiger partial charge on any atom is 0.221 e. The summed E-state index contributed by atoms with van der Waals surface area (Å²) in [5, 5.41) is 6.22. The average Bonchev–Trinajstić information content (AvgIpc) is 2.16. The van der Waals surface area contributed by atoms with Crippen LogP contribution in [0.5, 0.6) is 0 Å². The second kappa shape index (κ2) is 9.64. The van der Waals surface area contributed by atoms with Gasteiger partial charge in [-0.05, 0) is 31.2 Å². The Hall–Kier alpha value is -0.570. The number of amides is 1. The van der Waals surface area contributed by atoms with Crippen molar-refractivity contribution in [2.24, 2.45) is 11.8 Å². The first kappa shape index (κ1) is 15.4. The van der Waals surface area contributed by atoms with Crippen LogP contribution in [0.2, 0.25) is 0 Å². The Morgan fingerprint density at radius 1 is 0.938 bits per heavy atom. The topological polar surface area (TPSA) is 41.1 Å². The largest absolute Gasteiger partial charge is 0.356 e. The molecule has 0 aromatic carbocycles. The summed E-state index contributed by atoms with van der Waals surface area (Å²) in [5.74, 6) is 1.55. The second-order valence-electron chi connectivity index (χ2n) is 5.21. The van der Waals surface area contributed by atoms with Gasteiger partial charge in [-0.3, -0.25) is 4.79 Å². The van der Waals surface area contributed by atoms with Crippen LogP contribution in [-0.4, -0.2) is 25.5 Å². The van der Waals surface area contributed by atoms with Gasteiger partial charge in [-0.1, -0.05) is 27.7 Å². The lowest BCUT2D eigenvalue weighted by molar-refractivity contribution is -0.121. The lowest BCUT2D eigenvalue weighted by Crippen LogP contribution is -2.29. The number of hydrogen-bond donors (Lipinski definition) is 2. The minimum absolute atomic E-state index is 0.165. The van der Waals surface area contributed by atoms with Crippen molar-refractivity contribution < 1.29 is 4.79 Å². The number of hydrogen-bond acceptors (Lipinski definition) is 2. The minimum atomic E-state index is 0.165. The SMILES string of the molecule is CC(C)CCNCCC(=O)NCCC(C)C. The van der Waals surface area contributed by atoms with Crippen LogP contribution in [0.1, 0.15) is 47.0 Å². The molecule has 0 spiro atoms. The summed E-state index contributed by atoms with van der Waals surface area (Å²) in [6.07, 6.45) is 2.83. The summed E-state index contributed by atoms with van der Waals surface area (Å²) in [5.41, 5.74) is 0. The molecule has 0 radical (unpaired) electrons. The molecule has 0 unspecified atom stereocenters. The highest BCUT2D eigenvalue weighted by atomic mass is 16.1. The first-order chi connectivity index (χ1) is 7.52. The van der Waals surface area contributed by atoms with Gasteiger partial charge in [0.15, 0.2) is 0 Å². The van der Waals surface area contributed by atoms with Crippen LogP contribution in [0, 0.1) is 11.8 Å². The number of rotatable bonds is 9. The van der Waals surface area contributed by atoms with Crippen molar-refractivity contribution in [1.29, 1.82) is 0 Å². The molecule has 3 heteroatoms. The highest BCUT2D eigenvalue weighted by Gasteiger charge is 2.01.